The third-order valence-corrected chi connectivity index (χ3v) is 7.60. The van der Waals surface area contributed by atoms with Gasteiger partial charge in [0.05, 0.1) is 23.4 Å². The number of benzene rings is 1. The largest absolute Gasteiger partial charge is 0.394 e. The first-order valence-corrected chi connectivity index (χ1v) is 13.5. The van der Waals surface area contributed by atoms with Gasteiger partial charge in [0, 0.05) is 48.8 Å². The van der Waals surface area contributed by atoms with Crippen LogP contribution in [-0.2, 0) is 16.1 Å². The van der Waals surface area contributed by atoms with Gasteiger partial charge in [-0.2, -0.15) is 0 Å². The molecule has 1 aromatic carbocycles. The minimum atomic E-state index is -0.744. The molecule has 204 valence electrons. The molecule has 2 atom stereocenters. The third-order valence-electron chi connectivity index (χ3n) is 7.29. The highest BCUT2D eigenvalue weighted by molar-refractivity contribution is 6.33. The van der Waals surface area contributed by atoms with Crippen LogP contribution in [0.2, 0.25) is 5.02 Å². The van der Waals surface area contributed by atoms with Crippen LogP contribution in [-0.4, -0.2) is 63.7 Å². The number of nitrogens with zero attached hydrogens (tertiary/aromatic N) is 3. The summed E-state index contributed by atoms with van der Waals surface area (Å²) in [6.45, 7) is 5.00. The van der Waals surface area contributed by atoms with E-state index in [1.165, 1.54) is 4.90 Å². The Hall–Kier alpha value is -3.53. The quantitative estimate of drug-likeness (QED) is 0.390. The number of rotatable bonds is 8. The molecule has 1 saturated heterocycles. The van der Waals surface area contributed by atoms with E-state index in [9.17, 15) is 14.7 Å². The number of aromatic nitrogens is 2. The molecule has 3 N–H and O–H groups in total. The lowest BCUT2D eigenvalue weighted by Gasteiger charge is -2.25. The summed E-state index contributed by atoms with van der Waals surface area (Å²) in [6, 6.07) is 11.9. The van der Waals surface area contributed by atoms with E-state index < -0.39 is 12.1 Å². The fraction of sp³-hybridized carbons (Fsp3) is 0.379. The maximum absolute atomic E-state index is 13.4. The highest BCUT2D eigenvalue weighted by atomic mass is 35.5. The number of halogens is 1. The van der Waals surface area contributed by atoms with Crippen molar-refractivity contribution in [2.75, 3.05) is 25.1 Å². The summed E-state index contributed by atoms with van der Waals surface area (Å²) in [5.74, 6) is 0.135. The monoisotopic (exact) mass is 549 g/mol. The lowest BCUT2D eigenvalue weighted by molar-refractivity contribution is -0.126. The molecule has 2 aliphatic rings. The van der Waals surface area contributed by atoms with Gasteiger partial charge in [-0.1, -0.05) is 29.8 Å². The number of carbonyl (C=O) groups is 2. The summed E-state index contributed by atoms with van der Waals surface area (Å²) in [4.78, 5) is 36.9. The fourth-order valence-corrected chi connectivity index (χ4v) is 5.21. The van der Waals surface area contributed by atoms with Crippen LogP contribution in [0.15, 0.2) is 48.7 Å². The molecule has 0 spiro atoms. The molecule has 0 aliphatic carbocycles. The number of hydrogen-bond donors (Lipinski definition) is 3. The van der Waals surface area contributed by atoms with Gasteiger partial charge in [0.15, 0.2) is 0 Å². The van der Waals surface area contributed by atoms with Crippen molar-refractivity contribution in [2.45, 2.75) is 51.4 Å². The molecule has 2 aliphatic heterocycles. The number of ether oxygens (including phenoxy) is 1. The number of carbonyl (C=O) groups excluding carboxylic acids is 2. The second-order valence-electron chi connectivity index (χ2n) is 10.0. The zero-order chi connectivity index (χ0) is 27.5. The van der Waals surface area contributed by atoms with Crippen LogP contribution in [0.25, 0.3) is 11.1 Å². The highest BCUT2D eigenvalue weighted by Crippen LogP contribution is 2.34. The molecular weight excluding hydrogens is 518 g/mol. The van der Waals surface area contributed by atoms with Crippen molar-refractivity contribution in [3.05, 3.63) is 76.2 Å². The third kappa shape index (κ3) is 5.90. The molecule has 4 heterocycles. The summed E-state index contributed by atoms with van der Waals surface area (Å²) in [5.41, 5.74) is 4.31. The first-order valence-electron chi connectivity index (χ1n) is 13.1. The topological polar surface area (TPSA) is 117 Å². The molecule has 5 rings (SSSR count). The lowest BCUT2D eigenvalue weighted by Crippen LogP contribution is -2.46. The van der Waals surface area contributed by atoms with Gasteiger partial charge in [-0.25, -0.2) is 4.98 Å². The van der Waals surface area contributed by atoms with Gasteiger partial charge in [-0.3, -0.25) is 14.6 Å². The predicted octanol–water partition coefficient (Wildman–Crippen LogP) is 3.89. The Morgan fingerprint density at radius 3 is 2.74 bits per heavy atom. The van der Waals surface area contributed by atoms with E-state index in [0.29, 0.717) is 22.8 Å². The summed E-state index contributed by atoms with van der Waals surface area (Å²) in [6.07, 6.45) is 3.44. The van der Waals surface area contributed by atoms with Crippen LogP contribution in [0.5, 0.6) is 0 Å². The Kier molecular flexibility index (Phi) is 8.11. The second-order valence-corrected chi connectivity index (χ2v) is 10.4. The van der Waals surface area contributed by atoms with Crippen LogP contribution < -0.4 is 10.6 Å². The maximum Gasteiger partial charge on any atom is 0.255 e. The Labute approximate surface area is 232 Å². The Morgan fingerprint density at radius 2 is 2.00 bits per heavy atom. The Morgan fingerprint density at radius 1 is 1.21 bits per heavy atom. The van der Waals surface area contributed by atoms with E-state index in [2.05, 4.69) is 20.6 Å². The minimum Gasteiger partial charge on any atom is -0.394 e. The zero-order valence-corrected chi connectivity index (χ0v) is 22.7. The van der Waals surface area contributed by atoms with Gasteiger partial charge in [0.25, 0.3) is 5.91 Å². The molecule has 3 aromatic rings. The number of fused-ring (bicyclic) bond motifs is 1. The molecule has 0 radical (unpaired) electrons. The van der Waals surface area contributed by atoms with Crippen molar-refractivity contribution in [1.82, 2.24) is 20.2 Å². The molecule has 39 heavy (non-hydrogen) atoms. The van der Waals surface area contributed by atoms with Crippen molar-refractivity contribution in [3.8, 4) is 11.1 Å². The Balaban J connectivity index is 1.31. The van der Waals surface area contributed by atoms with E-state index in [-0.39, 0.29) is 24.5 Å². The van der Waals surface area contributed by atoms with E-state index >= 15 is 0 Å². The molecular formula is C29H32ClN5O4. The minimum absolute atomic E-state index is 0.227. The van der Waals surface area contributed by atoms with Crippen LogP contribution >= 0.6 is 11.6 Å². The smallest absolute Gasteiger partial charge is 0.255 e. The average molecular weight is 550 g/mol. The average Bonchev–Trinajstić information content (AvgIpc) is 3.28. The van der Waals surface area contributed by atoms with E-state index in [4.69, 9.17) is 16.3 Å². The van der Waals surface area contributed by atoms with Crippen LogP contribution in [0.3, 0.4) is 0 Å². The van der Waals surface area contributed by atoms with Crippen molar-refractivity contribution < 1.29 is 19.4 Å². The molecule has 0 bridgehead atoms. The van der Waals surface area contributed by atoms with Gasteiger partial charge in [0.2, 0.25) is 5.91 Å². The molecule has 9 nitrogen and oxygen atoms in total. The predicted molar refractivity (Wildman–Crippen MR) is 148 cm³/mol. The number of pyridine rings is 2. The molecule has 10 heteroatoms. The van der Waals surface area contributed by atoms with Gasteiger partial charge in [-0.05, 0) is 62.1 Å². The van der Waals surface area contributed by atoms with Gasteiger partial charge in [-0.15, -0.1) is 0 Å². The van der Waals surface area contributed by atoms with Gasteiger partial charge >= 0.3 is 0 Å². The van der Waals surface area contributed by atoms with Crippen LogP contribution in [0.4, 0.5) is 5.82 Å². The van der Waals surface area contributed by atoms with Crippen molar-refractivity contribution >= 4 is 29.2 Å². The summed E-state index contributed by atoms with van der Waals surface area (Å²) >= 11 is 6.52. The number of hydrogen-bond acceptors (Lipinski definition) is 7. The van der Waals surface area contributed by atoms with E-state index in [1.807, 2.05) is 43.3 Å². The van der Waals surface area contributed by atoms with Crippen molar-refractivity contribution in [1.29, 1.82) is 0 Å². The molecule has 1 fully saturated rings. The number of aliphatic hydroxyl groups is 1. The van der Waals surface area contributed by atoms with Gasteiger partial charge in [0.1, 0.15) is 11.9 Å². The highest BCUT2D eigenvalue weighted by Gasteiger charge is 2.35. The summed E-state index contributed by atoms with van der Waals surface area (Å²) < 4.78 is 5.44. The SMILES string of the molecule is Cc1cccc([C@@H](CO)NC(=O)[C@@H](C)N2Cc3ccc(-c4cc(NC5CCOCC5)ncc4Cl)cc3C2=O)n1. The number of amides is 2. The molecule has 2 amide bonds. The van der Waals surface area contributed by atoms with E-state index in [1.54, 1.807) is 19.2 Å². The molecule has 2 aromatic heterocycles. The normalized spacial score (nSPS) is 17.0. The molecule has 0 unspecified atom stereocenters. The van der Waals surface area contributed by atoms with Crippen molar-refractivity contribution in [2.24, 2.45) is 0 Å². The lowest BCUT2D eigenvalue weighted by atomic mass is 10.0. The number of aliphatic hydroxyl groups excluding tert-OH is 1. The summed E-state index contributed by atoms with van der Waals surface area (Å²) in [7, 11) is 0. The molecule has 0 saturated carbocycles. The number of nitrogens with one attached hydrogen (secondary N) is 2. The summed E-state index contributed by atoms with van der Waals surface area (Å²) in [5, 5.41) is 16.7. The van der Waals surface area contributed by atoms with Crippen LogP contribution in [0, 0.1) is 6.92 Å². The van der Waals surface area contributed by atoms with Gasteiger partial charge < -0.3 is 25.4 Å². The first-order chi connectivity index (χ1) is 18.8. The first kappa shape index (κ1) is 27.1. The Bertz CT molecular complexity index is 1380. The number of anilines is 1. The second kappa shape index (κ2) is 11.7. The maximum atomic E-state index is 13.4. The van der Waals surface area contributed by atoms with Crippen LogP contribution in [0.1, 0.15) is 53.1 Å². The fourth-order valence-electron chi connectivity index (χ4n) is 5.00. The van der Waals surface area contributed by atoms with Crippen molar-refractivity contribution in [3.63, 3.8) is 0 Å². The van der Waals surface area contributed by atoms with E-state index in [0.717, 1.165) is 54.3 Å². The number of aryl methyl sites for hydroxylation is 1. The standard InChI is InChI=1S/C29H32ClN5O4/c1-17-4-3-5-25(32-17)26(16-36)34-28(37)18(2)35-15-20-7-6-19(12-23(20)29(35)38)22-13-27(31-14-24(22)30)33-21-8-10-39-11-9-21/h3-7,12-14,18,21,26,36H,8-11,15-16H2,1-2H3,(H,31,33)(H,34,37)/t18-,26-/m1/s1. The zero-order valence-electron chi connectivity index (χ0n) is 22.0.